The van der Waals surface area contributed by atoms with Crippen LogP contribution in [0.4, 0.5) is 0 Å². The van der Waals surface area contributed by atoms with Gasteiger partial charge in [0.25, 0.3) is 0 Å². The van der Waals surface area contributed by atoms with Crippen molar-refractivity contribution >= 4 is 6.08 Å². The molecule has 86 valence electrons. The molecule has 0 amide bonds. The van der Waals surface area contributed by atoms with Gasteiger partial charge in [0.05, 0.1) is 7.11 Å². The Morgan fingerprint density at radius 2 is 1.88 bits per heavy atom. The highest BCUT2D eigenvalue weighted by Gasteiger charge is 2.09. The molecule has 1 saturated heterocycles. The van der Waals surface area contributed by atoms with Crippen LogP contribution in [0.25, 0.3) is 6.08 Å². The molecule has 2 heteroatoms. The van der Waals surface area contributed by atoms with Crippen LogP contribution in [0.15, 0.2) is 30.3 Å². The summed E-state index contributed by atoms with van der Waals surface area (Å²) < 4.78 is 10.5. The molecule has 16 heavy (non-hydrogen) atoms. The van der Waals surface area contributed by atoms with Crippen LogP contribution >= 0.6 is 0 Å². The van der Waals surface area contributed by atoms with Gasteiger partial charge in [-0.25, -0.2) is 0 Å². The van der Waals surface area contributed by atoms with E-state index in [9.17, 15) is 0 Å². The third-order valence-electron chi connectivity index (χ3n) is 2.94. The molecule has 0 saturated carbocycles. The number of rotatable bonds is 3. The van der Waals surface area contributed by atoms with Gasteiger partial charge in [0.2, 0.25) is 0 Å². The lowest BCUT2D eigenvalue weighted by Crippen LogP contribution is -2.13. The fourth-order valence-corrected chi connectivity index (χ4v) is 1.87. The van der Waals surface area contributed by atoms with Crippen molar-refractivity contribution in [3.63, 3.8) is 0 Å². The normalized spacial score (nSPS) is 17.8. The predicted molar refractivity (Wildman–Crippen MR) is 65.6 cm³/mol. The molecule has 0 aromatic heterocycles. The van der Waals surface area contributed by atoms with Crippen molar-refractivity contribution in [2.75, 3.05) is 20.3 Å². The average Bonchev–Trinajstić information content (AvgIpc) is 2.38. The van der Waals surface area contributed by atoms with Crippen molar-refractivity contribution in [1.29, 1.82) is 0 Å². The standard InChI is InChI=1S/C14H18O2/c1-15-14-6-4-12(5-7-14)2-3-13-8-10-16-11-9-13/h2-7,13H,8-11H2,1H3/b3-2+. The lowest BCUT2D eigenvalue weighted by Gasteiger charge is -2.18. The van der Waals surface area contributed by atoms with Crippen LogP contribution in [0.3, 0.4) is 0 Å². The fraction of sp³-hybridized carbons (Fsp3) is 0.429. The lowest BCUT2D eigenvalue weighted by molar-refractivity contribution is 0.0787. The summed E-state index contributed by atoms with van der Waals surface area (Å²) in [5, 5.41) is 0. The van der Waals surface area contributed by atoms with Gasteiger partial charge in [0.1, 0.15) is 5.75 Å². The minimum atomic E-state index is 0.677. The van der Waals surface area contributed by atoms with E-state index in [2.05, 4.69) is 24.3 Å². The average molecular weight is 218 g/mol. The molecular weight excluding hydrogens is 200 g/mol. The first kappa shape index (κ1) is 11.2. The first-order valence-corrected chi connectivity index (χ1v) is 5.78. The minimum absolute atomic E-state index is 0.677. The summed E-state index contributed by atoms with van der Waals surface area (Å²) in [4.78, 5) is 0. The quantitative estimate of drug-likeness (QED) is 0.776. The molecule has 2 nitrogen and oxygen atoms in total. The zero-order valence-electron chi connectivity index (χ0n) is 9.69. The molecule has 1 aliphatic heterocycles. The molecule has 0 atom stereocenters. The summed E-state index contributed by atoms with van der Waals surface area (Å²) >= 11 is 0. The summed E-state index contributed by atoms with van der Waals surface area (Å²) in [5.41, 5.74) is 1.23. The van der Waals surface area contributed by atoms with Gasteiger partial charge in [-0.3, -0.25) is 0 Å². The van der Waals surface area contributed by atoms with Gasteiger partial charge in [0, 0.05) is 13.2 Å². The first-order valence-electron chi connectivity index (χ1n) is 5.78. The van der Waals surface area contributed by atoms with Gasteiger partial charge in [-0.1, -0.05) is 24.3 Å². The molecule has 0 bridgehead atoms. The van der Waals surface area contributed by atoms with Crippen LogP contribution in [0.1, 0.15) is 18.4 Å². The summed E-state index contributed by atoms with van der Waals surface area (Å²) in [6, 6.07) is 8.14. The second-order valence-electron chi connectivity index (χ2n) is 4.08. The van der Waals surface area contributed by atoms with Gasteiger partial charge >= 0.3 is 0 Å². The highest BCUT2D eigenvalue weighted by Crippen LogP contribution is 2.18. The van der Waals surface area contributed by atoms with Gasteiger partial charge in [-0.05, 0) is 36.5 Å². The number of allylic oxidation sites excluding steroid dienone is 1. The molecule has 0 radical (unpaired) electrons. The maximum absolute atomic E-state index is 5.33. The molecule has 2 rings (SSSR count). The highest BCUT2D eigenvalue weighted by atomic mass is 16.5. The van der Waals surface area contributed by atoms with E-state index in [1.165, 1.54) is 5.56 Å². The van der Waals surface area contributed by atoms with E-state index in [-0.39, 0.29) is 0 Å². The lowest BCUT2D eigenvalue weighted by atomic mass is 9.99. The van der Waals surface area contributed by atoms with Crippen molar-refractivity contribution in [2.45, 2.75) is 12.8 Å². The number of hydrogen-bond donors (Lipinski definition) is 0. The van der Waals surface area contributed by atoms with Crippen molar-refractivity contribution in [1.82, 2.24) is 0 Å². The third kappa shape index (κ3) is 3.11. The van der Waals surface area contributed by atoms with E-state index in [0.29, 0.717) is 5.92 Å². The van der Waals surface area contributed by atoms with E-state index in [1.807, 2.05) is 12.1 Å². The Hall–Kier alpha value is -1.28. The van der Waals surface area contributed by atoms with E-state index < -0.39 is 0 Å². The van der Waals surface area contributed by atoms with E-state index >= 15 is 0 Å². The molecule has 1 fully saturated rings. The zero-order chi connectivity index (χ0) is 11.2. The maximum atomic E-state index is 5.33. The molecule has 1 aromatic rings. The number of benzene rings is 1. The van der Waals surface area contributed by atoms with Gasteiger partial charge in [-0.2, -0.15) is 0 Å². The molecule has 0 N–H and O–H groups in total. The Balaban J connectivity index is 1.94. The molecule has 0 unspecified atom stereocenters. The highest BCUT2D eigenvalue weighted by molar-refractivity contribution is 5.50. The zero-order valence-corrected chi connectivity index (χ0v) is 9.69. The predicted octanol–water partition coefficient (Wildman–Crippen LogP) is 3.14. The smallest absolute Gasteiger partial charge is 0.118 e. The summed E-state index contributed by atoms with van der Waals surface area (Å²) in [5.74, 6) is 1.58. The second kappa shape index (κ2) is 5.71. The third-order valence-corrected chi connectivity index (χ3v) is 2.94. The second-order valence-corrected chi connectivity index (χ2v) is 4.08. The molecule has 1 aliphatic rings. The summed E-state index contributed by atoms with van der Waals surface area (Å²) in [6.45, 7) is 1.80. The Bertz CT molecular complexity index is 334. The summed E-state index contributed by atoms with van der Waals surface area (Å²) in [7, 11) is 1.69. The fourth-order valence-electron chi connectivity index (χ4n) is 1.87. The van der Waals surface area contributed by atoms with Gasteiger partial charge in [0.15, 0.2) is 0 Å². The Morgan fingerprint density at radius 1 is 1.19 bits per heavy atom. The van der Waals surface area contributed by atoms with E-state index in [0.717, 1.165) is 31.8 Å². The number of hydrogen-bond acceptors (Lipinski definition) is 2. The van der Waals surface area contributed by atoms with Gasteiger partial charge < -0.3 is 9.47 Å². The molecule has 1 aromatic carbocycles. The van der Waals surface area contributed by atoms with Crippen LogP contribution in [0.2, 0.25) is 0 Å². The van der Waals surface area contributed by atoms with Crippen LogP contribution in [-0.4, -0.2) is 20.3 Å². The molecule has 1 heterocycles. The first-order chi connectivity index (χ1) is 7.88. The monoisotopic (exact) mass is 218 g/mol. The van der Waals surface area contributed by atoms with Crippen molar-refractivity contribution in [3.05, 3.63) is 35.9 Å². The van der Waals surface area contributed by atoms with E-state index in [4.69, 9.17) is 9.47 Å². The molecule has 0 spiro atoms. The number of ether oxygens (including phenoxy) is 2. The summed E-state index contributed by atoms with van der Waals surface area (Å²) in [6.07, 6.45) is 6.78. The Kier molecular flexibility index (Phi) is 4.00. The topological polar surface area (TPSA) is 18.5 Å². The van der Waals surface area contributed by atoms with Crippen molar-refractivity contribution in [2.24, 2.45) is 5.92 Å². The van der Waals surface area contributed by atoms with Gasteiger partial charge in [-0.15, -0.1) is 0 Å². The van der Waals surface area contributed by atoms with Crippen LogP contribution in [0, 0.1) is 5.92 Å². The van der Waals surface area contributed by atoms with Crippen LogP contribution < -0.4 is 4.74 Å². The van der Waals surface area contributed by atoms with Crippen LogP contribution in [-0.2, 0) is 4.74 Å². The largest absolute Gasteiger partial charge is 0.497 e. The molecular formula is C14H18O2. The Morgan fingerprint density at radius 3 is 2.50 bits per heavy atom. The van der Waals surface area contributed by atoms with Crippen LogP contribution in [0.5, 0.6) is 5.75 Å². The Labute approximate surface area is 96.9 Å². The molecule has 0 aliphatic carbocycles. The number of methoxy groups -OCH3 is 1. The van der Waals surface area contributed by atoms with E-state index in [1.54, 1.807) is 7.11 Å². The maximum Gasteiger partial charge on any atom is 0.118 e. The SMILES string of the molecule is COc1ccc(/C=C/C2CCOCC2)cc1. The van der Waals surface area contributed by atoms with Crippen molar-refractivity contribution < 1.29 is 9.47 Å². The van der Waals surface area contributed by atoms with Crippen molar-refractivity contribution in [3.8, 4) is 5.75 Å². The minimum Gasteiger partial charge on any atom is -0.497 e.